The van der Waals surface area contributed by atoms with Crippen LogP contribution in [0.4, 0.5) is 0 Å². The van der Waals surface area contributed by atoms with Crippen LogP contribution in [0.3, 0.4) is 0 Å². The van der Waals surface area contributed by atoms with Gasteiger partial charge in [-0.1, -0.05) is 12.8 Å². The van der Waals surface area contributed by atoms with Crippen LogP contribution in [-0.2, 0) is 9.53 Å². The highest BCUT2D eigenvalue weighted by Crippen LogP contribution is 2.58. The Hall–Kier alpha value is -0.410. The molecule has 5 aliphatic rings. The monoisotopic (exact) mass is 277 g/mol. The molecule has 3 nitrogen and oxygen atoms in total. The van der Waals surface area contributed by atoms with Gasteiger partial charge in [0.15, 0.2) is 5.78 Å². The lowest BCUT2D eigenvalue weighted by atomic mass is 9.57. The number of fused-ring (bicyclic) bond motifs is 1. The molecule has 4 aliphatic carbocycles. The number of nitrogens with zero attached hydrogens (tertiary/aromatic N) is 1. The number of ketones is 1. The number of carbonyl (C=O) groups excluding carboxylic acids is 1. The van der Waals surface area contributed by atoms with E-state index in [-0.39, 0.29) is 5.41 Å². The van der Waals surface area contributed by atoms with Crippen molar-refractivity contribution in [3.8, 4) is 0 Å². The third kappa shape index (κ3) is 2.33. The summed E-state index contributed by atoms with van der Waals surface area (Å²) in [5.74, 6) is 3.15. The molecule has 0 spiro atoms. The number of ether oxygens (including phenoxy) is 1. The van der Waals surface area contributed by atoms with Gasteiger partial charge in [-0.05, 0) is 49.9 Å². The van der Waals surface area contributed by atoms with E-state index in [1.807, 2.05) is 0 Å². The van der Waals surface area contributed by atoms with Crippen molar-refractivity contribution in [2.24, 2.45) is 23.2 Å². The Balaban J connectivity index is 1.49. The molecule has 0 aromatic carbocycles. The molecule has 0 unspecified atom stereocenters. The van der Waals surface area contributed by atoms with E-state index in [1.165, 1.54) is 44.9 Å². The highest BCUT2D eigenvalue weighted by Gasteiger charge is 2.52. The molecule has 0 aromatic rings. The summed E-state index contributed by atoms with van der Waals surface area (Å²) in [4.78, 5) is 15.4. The third-order valence-electron chi connectivity index (χ3n) is 6.42. The SMILES string of the molecule is O=C(CN1CCOCC1)C12CC3C[C@H](CC[C@@H](C3)C1)C2. The molecule has 2 atom stereocenters. The van der Waals surface area contributed by atoms with Gasteiger partial charge in [-0.15, -0.1) is 0 Å². The molecule has 5 rings (SSSR count). The number of carbonyl (C=O) groups is 1. The minimum absolute atomic E-state index is 0.0747. The van der Waals surface area contributed by atoms with Gasteiger partial charge in [-0.3, -0.25) is 9.69 Å². The molecule has 1 heterocycles. The van der Waals surface area contributed by atoms with Crippen LogP contribution in [0.5, 0.6) is 0 Å². The molecule has 0 amide bonds. The smallest absolute Gasteiger partial charge is 0.152 e. The van der Waals surface area contributed by atoms with E-state index in [9.17, 15) is 4.79 Å². The lowest BCUT2D eigenvalue weighted by Gasteiger charge is -2.48. The highest BCUT2D eigenvalue weighted by molar-refractivity contribution is 5.87. The van der Waals surface area contributed by atoms with Gasteiger partial charge in [0.05, 0.1) is 19.8 Å². The van der Waals surface area contributed by atoms with E-state index in [1.54, 1.807) is 0 Å². The van der Waals surface area contributed by atoms with Crippen molar-refractivity contribution < 1.29 is 9.53 Å². The zero-order valence-corrected chi connectivity index (χ0v) is 12.5. The average Bonchev–Trinajstić information content (AvgIpc) is 2.66. The molecule has 4 saturated carbocycles. The largest absolute Gasteiger partial charge is 0.379 e. The summed E-state index contributed by atoms with van der Waals surface area (Å²) in [7, 11) is 0. The first kappa shape index (κ1) is 13.3. The predicted molar refractivity (Wildman–Crippen MR) is 77.5 cm³/mol. The minimum atomic E-state index is 0.0747. The van der Waals surface area contributed by atoms with E-state index in [2.05, 4.69) is 4.90 Å². The Labute approximate surface area is 122 Å². The number of hydrogen-bond donors (Lipinski definition) is 0. The van der Waals surface area contributed by atoms with Gasteiger partial charge in [0.1, 0.15) is 0 Å². The maximum absolute atomic E-state index is 13.0. The normalized spacial score (nSPS) is 44.5. The van der Waals surface area contributed by atoms with Crippen LogP contribution < -0.4 is 0 Å². The average molecular weight is 277 g/mol. The van der Waals surface area contributed by atoms with Crippen LogP contribution >= 0.6 is 0 Å². The van der Waals surface area contributed by atoms with Gasteiger partial charge in [0.25, 0.3) is 0 Å². The molecule has 0 N–H and O–H groups in total. The van der Waals surface area contributed by atoms with Crippen molar-refractivity contribution in [3.63, 3.8) is 0 Å². The summed E-state index contributed by atoms with van der Waals surface area (Å²) < 4.78 is 5.40. The molecular weight excluding hydrogens is 250 g/mol. The van der Waals surface area contributed by atoms with E-state index in [0.717, 1.165) is 44.1 Å². The number of rotatable bonds is 3. The molecule has 4 bridgehead atoms. The topological polar surface area (TPSA) is 29.5 Å². The summed E-state index contributed by atoms with van der Waals surface area (Å²) in [6, 6.07) is 0. The standard InChI is InChI=1S/C17H27NO2/c19-16(12-18-3-5-20-6-4-18)17-9-13-1-2-14(10-17)8-15(7-13)11-17/h13-15H,1-12H2/t13-,14-,15?,17?/m0/s1. The van der Waals surface area contributed by atoms with Gasteiger partial charge in [-0.25, -0.2) is 0 Å². The third-order valence-corrected chi connectivity index (χ3v) is 6.42. The van der Waals surface area contributed by atoms with Crippen molar-refractivity contribution in [1.82, 2.24) is 4.90 Å². The van der Waals surface area contributed by atoms with Crippen LogP contribution in [0.25, 0.3) is 0 Å². The Morgan fingerprint density at radius 3 is 2.25 bits per heavy atom. The quantitative estimate of drug-likeness (QED) is 0.794. The molecule has 0 radical (unpaired) electrons. The fourth-order valence-corrected chi connectivity index (χ4v) is 5.66. The second-order valence-electron chi connectivity index (χ2n) is 7.85. The molecule has 1 saturated heterocycles. The fourth-order valence-electron chi connectivity index (χ4n) is 5.66. The molecular formula is C17H27NO2. The Morgan fingerprint density at radius 2 is 1.60 bits per heavy atom. The van der Waals surface area contributed by atoms with Crippen LogP contribution in [0, 0.1) is 23.2 Å². The van der Waals surface area contributed by atoms with Crippen molar-refractivity contribution in [2.75, 3.05) is 32.8 Å². The molecule has 5 fully saturated rings. The molecule has 1 aliphatic heterocycles. The van der Waals surface area contributed by atoms with Crippen LogP contribution in [0.15, 0.2) is 0 Å². The summed E-state index contributed by atoms with van der Waals surface area (Å²) >= 11 is 0. The summed E-state index contributed by atoms with van der Waals surface area (Å²) in [6.07, 6.45) is 9.27. The van der Waals surface area contributed by atoms with Crippen LogP contribution in [0.2, 0.25) is 0 Å². The highest BCUT2D eigenvalue weighted by atomic mass is 16.5. The van der Waals surface area contributed by atoms with Crippen LogP contribution in [0.1, 0.15) is 44.9 Å². The first-order valence-electron chi connectivity index (χ1n) is 8.57. The van der Waals surface area contributed by atoms with Gasteiger partial charge >= 0.3 is 0 Å². The molecule has 0 aromatic heterocycles. The molecule has 112 valence electrons. The maximum Gasteiger partial charge on any atom is 0.152 e. The molecule has 3 heteroatoms. The zero-order chi connectivity index (χ0) is 13.6. The van der Waals surface area contributed by atoms with Crippen molar-refractivity contribution >= 4 is 5.78 Å². The zero-order valence-electron chi connectivity index (χ0n) is 12.5. The van der Waals surface area contributed by atoms with Crippen molar-refractivity contribution in [3.05, 3.63) is 0 Å². The Kier molecular flexibility index (Phi) is 3.38. The van der Waals surface area contributed by atoms with E-state index in [4.69, 9.17) is 4.74 Å². The second-order valence-corrected chi connectivity index (χ2v) is 7.85. The number of hydrogen-bond acceptors (Lipinski definition) is 3. The van der Waals surface area contributed by atoms with E-state index >= 15 is 0 Å². The summed E-state index contributed by atoms with van der Waals surface area (Å²) in [5, 5.41) is 0. The number of morpholine rings is 1. The fraction of sp³-hybridized carbons (Fsp3) is 0.941. The predicted octanol–water partition coefficient (Wildman–Crippen LogP) is 2.49. The summed E-state index contributed by atoms with van der Waals surface area (Å²) in [6.45, 7) is 4.17. The first-order valence-corrected chi connectivity index (χ1v) is 8.57. The van der Waals surface area contributed by atoms with Crippen molar-refractivity contribution in [1.29, 1.82) is 0 Å². The van der Waals surface area contributed by atoms with E-state index < -0.39 is 0 Å². The Morgan fingerprint density at radius 1 is 1.00 bits per heavy atom. The van der Waals surface area contributed by atoms with Gasteiger partial charge < -0.3 is 4.74 Å². The minimum Gasteiger partial charge on any atom is -0.379 e. The lowest BCUT2D eigenvalue weighted by Crippen LogP contribution is -2.49. The van der Waals surface area contributed by atoms with Crippen molar-refractivity contribution in [2.45, 2.75) is 44.9 Å². The first-order chi connectivity index (χ1) is 9.73. The summed E-state index contributed by atoms with van der Waals surface area (Å²) in [5.41, 5.74) is 0.0747. The van der Waals surface area contributed by atoms with E-state index in [0.29, 0.717) is 12.3 Å². The lowest BCUT2D eigenvalue weighted by molar-refractivity contribution is -0.138. The Bertz CT molecular complexity index is 372. The van der Waals surface area contributed by atoms with Gasteiger partial charge in [0, 0.05) is 18.5 Å². The second kappa shape index (κ2) is 5.10. The number of Topliss-reactive ketones (excluding diaryl/α,β-unsaturated/α-hetero) is 1. The maximum atomic E-state index is 13.0. The van der Waals surface area contributed by atoms with Crippen LogP contribution in [-0.4, -0.2) is 43.5 Å². The van der Waals surface area contributed by atoms with Gasteiger partial charge in [-0.2, -0.15) is 0 Å². The molecule has 20 heavy (non-hydrogen) atoms. The van der Waals surface area contributed by atoms with Gasteiger partial charge in [0.2, 0.25) is 0 Å².